The Morgan fingerprint density at radius 2 is 1.69 bits per heavy atom. The first-order valence-electron chi connectivity index (χ1n) is 11.0. The summed E-state index contributed by atoms with van der Waals surface area (Å²) in [6, 6.07) is 10.0. The van der Waals surface area contributed by atoms with Gasteiger partial charge >= 0.3 is 5.97 Å². The molecule has 0 atom stereocenters. The average molecular weight is 437 g/mol. The van der Waals surface area contributed by atoms with Crippen LogP contribution in [0.3, 0.4) is 0 Å². The fourth-order valence-electron chi connectivity index (χ4n) is 4.44. The van der Waals surface area contributed by atoms with Crippen LogP contribution in [-0.2, 0) is 11.8 Å². The van der Waals surface area contributed by atoms with Crippen LogP contribution < -0.4 is 5.32 Å². The molecule has 2 aromatic heterocycles. The second kappa shape index (κ2) is 9.96. The number of pyridine rings is 1. The van der Waals surface area contributed by atoms with E-state index in [0.29, 0.717) is 11.3 Å². The van der Waals surface area contributed by atoms with Gasteiger partial charge in [0.25, 0.3) is 0 Å². The van der Waals surface area contributed by atoms with Crippen LogP contribution in [-0.4, -0.2) is 53.7 Å². The molecule has 3 heterocycles. The summed E-state index contributed by atoms with van der Waals surface area (Å²) in [4.78, 5) is 19.5. The topological polar surface area (TPSA) is 59.4 Å². The Balaban J connectivity index is 1.80. The number of carbonyl (C=O) groups is 1. The second-order valence-electron chi connectivity index (χ2n) is 8.07. The van der Waals surface area contributed by atoms with Gasteiger partial charge in [-0.2, -0.15) is 0 Å². The number of rotatable bonds is 7. The quantitative estimate of drug-likeness (QED) is 0.550. The zero-order chi connectivity index (χ0) is 22.5. The first-order chi connectivity index (χ1) is 15.6. The van der Waals surface area contributed by atoms with Gasteiger partial charge in [-0.05, 0) is 61.3 Å². The number of methoxy groups -OCH3 is 1. The van der Waals surface area contributed by atoms with Gasteiger partial charge in [-0.25, -0.2) is 9.18 Å². The van der Waals surface area contributed by atoms with Crippen LogP contribution in [0.4, 0.5) is 10.2 Å². The summed E-state index contributed by atoms with van der Waals surface area (Å²) < 4.78 is 20.6. The van der Waals surface area contributed by atoms with E-state index in [1.165, 1.54) is 38.5 Å². The van der Waals surface area contributed by atoms with Crippen LogP contribution in [0, 0.1) is 5.82 Å². The number of ether oxygens (including phenoxy) is 1. The van der Waals surface area contributed by atoms with E-state index in [-0.39, 0.29) is 5.82 Å². The molecule has 0 aliphatic carbocycles. The van der Waals surface area contributed by atoms with E-state index in [4.69, 9.17) is 4.74 Å². The number of nitrogens with one attached hydrogen (secondary N) is 1. The summed E-state index contributed by atoms with van der Waals surface area (Å²) in [5.41, 5.74) is 3.68. The summed E-state index contributed by atoms with van der Waals surface area (Å²) in [5.74, 6) is 0.0637. The van der Waals surface area contributed by atoms with Gasteiger partial charge in [-0.15, -0.1) is 0 Å². The van der Waals surface area contributed by atoms with Crippen molar-refractivity contribution in [2.75, 3.05) is 38.6 Å². The van der Waals surface area contributed by atoms with Crippen molar-refractivity contribution in [3.05, 3.63) is 60.3 Å². The molecule has 1 aromatic carbocycles. The monoisotopic (exact) mass is 436 g/mol. The van der Waals surface area contributed by atoms with Crippen LogP contribution in [0.25, 0.3) is 22.3 Å². The summed E-state index contributed by atoms with van der Waals surface area (Å²) in [5, 5.41) is 3.57. The number of halogens is 1. The molecule has 0 saturated carbocycles. The SMILES string of the molecule is COC(=O)c1c(-c2ccc(F)cc2)c(-c2ccncc2)c(NCCN2CCCCC2)n1C. The van der Waals surface area contributed by atoms with E-state index >= 15 is 0 Å². The minimum atomic E-state index is -0.439. The minimum Gasteiger partial charge on any atom is -0.464 e. The molecule has 7 heteroatoms. The van der Waals surface area contributed by atoms with Crippen molar-refractivity contribution in [1.82, 2.24) is 14.5 Å². The molecule has 3 aromatic rings. The van der Waals surface area contributed by atoms with Crippen molar-refractivity contribution >= 4 is 11.8 Å². The van der Waals surface area contributed by atoms with Crippen LogP contribution >= 0.6 is 0 Å². The Morgan fingerprint density at radius 3 is 2.34 bits per heavy atom. The summed E-state index contributed by atoms with van der Waals surface area (Å²) >= 11 is 0. The number of likely N-dealkylation sites (tertiary alicyclic amines) is 1. The van der Waals surface area contributed by atoms with Crippen LogP contribution in [0.5, 0.6) is 0 Å². The Kier molecular flexibility index (Phi) is 6.85. The zero-order valence-corrected chi connectivity index (χ0v) is 18.6. The zero-order valence-electron chi connectivity index (χ0n) is 18.6. The highest BCUT2D eigenvalue weighted by atomic mass is 19.1. The van der Waals surface area contributed by atoms with Gasteiger partial charge in [-0.3, -0.25) is 4.98 Å². The Hall–Kier alpha value is -3.19. The molecule has 0 amide bonds. The molecule has 1 fully saturated rings. The Labute approximate surface area is 188 Å². The number of benzene rings is 1. The standard InChI is InChI=1S/C25H29FN4O2/c1-29-23(25(31)32-2)21(18-6-8-20(26)9-7-18)22(19-10-12-27-13-11-19)24(29)28-14-17-30-15-4-3-5-16-30/h6-13,28H,3-5,14-17H2,1-2H3. The molecule has 0 bridgehead atoms. The molecule has 1 aliphatic heterocycles. The summed E-state index contributed by atoms with van der Waals surface area (Å²) in [6.45, 7) is 3.93. The molecule has 4 rings (SSSR count). The first kappa shape index (κ1) is 22.0. The van der Waals surface area contributed by atoms with Gasteiger partial charge in [-0.1, -0.05) is 18.6 Å². The highest BCUT2D eigenvalue weighted by Crippen LogP contribution is 2.42. The van der Waals surface area contributed by atoms with E-state index in [1.54, 1.807) is 24.5 Å². The van der Waals surface area contributed by atoms with Crippen LogP contribution in [0.1, 0.15) is 29.8 Å². The van der Waals surface area contributed by atoms with E-state index in [1.807, 2.05) is 23.7 Å². The predicted molar refractivity (Wildman–Crippen MR) is 124 cm³/mol. The lowest BCUT2D eigenvalue weighted by Gasteiger charge is -2.26. The second-order valence-corrected chi connectivity index (χ2v) is 8.07. The van der Waals surface area contributed by atoms with Crippen molar-refractivity contribution in [3.8, 4) is 22.3 Å². The fourth-order valence-corrected chi connectivity index (χ4v) is 4.44. The largest absolute Gasteiger partial charge is 0.464 e. The van der Waals surface area contributed by atoms with Gasteiger partial charge in [0.2, 0.25) is 0 Å². The highest BCUT2D eigenvalue weighted by molar-refractivity contribution is 6.05. The number of anilines is 1. The molecule has 1 N–H and O–H groups in total. The predicted octanol–water partition coefficient (Wildman–Crippen LogP) is 4.58. The number of nitrogens with zero attached hydrogens (tertiary/aromatic N) is 3. The number of hydrogen-bond acceptors (Lipinski definition) is 5. The van der Waals surface area contributed by atoms with Crippen molar-refractivity contribution in [1.29, 1.82) is 0 Å². The molecule has 1 saturated heterocycles. The lowest BCUT2D eigenvalue weighted by atomic mass is 9.96. The maximum Gasteiger partial charge on any atom is 0.355 e. The first-order valence-corrected chi connectivity index (χ1v) is 11.0. The van der Waals surface area contributed by atoms with E-state index in [0.717, 1.165) is 48.7 Å². The van der Waals surface area contributed by atoms with Crippen molar-refractivity contribution < 1.29 is 13.9 Å². The van der Waals surface area contributed by atoms with Crippen molar-refractivity contribution in [2.45, 2.75) is 19.3 Å². The van der Waals surface area contributed by atoms with Crippen LogP contribution in [0.2, 0.25) is 0 Å². The molecule has 6 nitrogen and oxygen atoms in total. The van der Waals surface area contributed by atoms with Crippen LogP contribution in [0.15, 0.2) is 48.8 Å². The molecule has 0 spiro atoms. The maximum atomic E-state index is 13.7. The smallest absolute Gasteiger partial charge is 0.355 e. The van der Waals surface area contributed by atoms with Gasteiger partial charge in [0.15, 0.2) is 0 Å². The Morgan fingerprint density at radius 1 is 1.03 bits per heavy atom. The van der Waals surface area contributed by atoms with E-state index in [2.05, 4.69) is 15.2 Å². The lowest BCUT2D eigenvalue weighted by molar-refractivity contribution is 0.0591. The molecular formula is C25H29FN4O2. The number of aromatic nitrogens is 2. The lowest BCUT2D eigenvalue weighted by Crippen LogP contribution is -2.34. The number of piperidine rings is 1. The molecule has 0 radical (unpaired) electrons. The van der Waals surface area contributed by atoms with Crippen molar-refractivity contribution in [2.24, 2.45) is 7.05 Å². The summed E-state index contributed by atoms with van der Waals surface area (Å²) in [6.07, 6.45) is 7.25. The van der Waals surface area contributed by atoms with Gasteiger partial charge in [0.05, 0.1) is 7.11 Å². The number of esters is 1. The minimum absolute atomic E-state index is 0.324. The summed E-state index contributed by atoms with van der Waals surface area (Å²) in [7, 11) is 3.23. The fraction of sp³-hybridized carbons (Fsp3) is 0.360. The van der Waals surface area contributed by atoms with Crippen molar-refractivity contribution in [3.63, 3.8) is 0 Å². The molecule has 168 valence electrons. The number of carbonyl (C=O) groups excluding carboxylic acids is 1. The normalized spacial score (nSPS) is 14.3. The average Bonchev–Trinajstić information content (AvgIpc) is 3.12. The molecule has 32 heavy (non-hydrogen) atoms. The molecule has 1 aliphatic rings. The van der Waals surface area contributed by atoms with Gasteiger partial charge in [0.1, 0.15) is 17.3 Å². The highest BCUT2D eigenvalue weighted by Gasteiger charge is 2.28. The maximum absolute atomic E-state index is 13.7. The third-order valence-corrected chi connectivity index (χ3v) is 6.04. The van der Waals surface area contributed by atoms with Gasteiger partial charge in [0, 0.05) is 43.7 Å². The van der Waals surface area contributed by atoms with Gasteiger partial charge < -0.3 is 19.5 Å². The number of hydrogen-bond donors (Lipinski definition) is 1. The van der Waals surface area contributed by atoms with E-state index in [9.17, 15) is 9.18 Å². The third kappa shape index (κ3) is 4.53. The molecular weight excluding hydrogens is 407 g/mol. The van der Waals surface area contributed by atoms with E-state index < -0.39 is 5.97 Å². The third-order valence-electron chi connectivity index (χ3n) is 6.04. The molecule has 0 unspecified atom stereocenters. The Bertz CT molecular complexity index is 1060.